The van der Waals surface area contributed by atoms with Crippen LogP contribution in [0.5, 0.6) is 5.75 Å². The molecule has 0 amide bonds. The molecule has 0 heterocycles. The van der Waals surface area contributed by atoms with Gasteiger partial charge in [0.2, 0.25) is 0 Å². The third-order valence-corrected chi connectivity index (χ3v) is 3.26. The fourth-order valence-corrected chi connectivity index (χ4v) is 2.08. The summed E-state index contributed by atoms with van der Waals surface area (Å²) >= 11 is 5.93. The van der Waals surface area contributed by atoms with Crippen LogP contribution < -0.4 is 10.5 Å². The number of halogens is 2. The second kappa shape index (κ2) is 6.57. The van der Waals surface area contributed by atoms with Crippen molar-refractivity contribution in [1.82, 2.24) is 0 Å². The maximum absolute atomic E-state index is 13.8. The minimum absolute atomic E-state index is 0.0545. The summed E-state index contributed by atoms with van der Waals surface area (Å²) in [7, 11) is 0. The monoisotopic (exact) mass is 304 g/mol. The molecule has 1 unspecified atom stereocenters. The zero-order valence-corrected chi connectivity index (χ0v) is 12.2. The highest BCUT2D eigenvalue weighted by Gasteiger charge is 2.11. The van der Waals surface area contributed by atoms with Crippen molar-refractivity contribution >= 4 is 11.6 Å². The molecule has 0 saturated carbocycles. The third-order valence-electron chi connectivity index (χ3n) is 3.03. The van der Waals surface area contributed by atoms with Crippen LogP contribution in [0.2, 0.25) is 5.02 Å². The third kappa shape index (κ3) is 3.72. The Balaban J connectivity index is 2.19. The molecule has 0 radical (unpaired) electrons. The minimum Gasteiger partial charge on any atom is -0.488 e. The van der Waals surface area contributed by atoms with Crippen molar-refractivity contribution in [2.45, 2.75) is 19.6 Å². The van der Waals surface area contributed by atoms with E-state index < -0.39 is 5.82 Å². The summed E-state index contributed by atoms with van der Waals surface area (Å²) in [5.41, 5.74) is 7.28. The highest BCUT2D eigenvalue weighted by Crippen LogP contribution is 2.28. The van der Waals surface area contributed by atoms with Gasteiger partial charge < -0.3 is 10.5 Å². The van der Waals surface area contributed by atoms with Crippen LogP contribution in [0.1, 0.15) is 29.7 Å². The van der Waals surface area contributed by atoms with Gasteiger partial charge in [-0.15, -0.1) is 0 Å². The van der Waals surface area contributed by atoms with Crippen LogP contribution in [0, 0.1) is 17.1 Å². The topological polar surface area (TPSA) is 59.0 Å². The Hall–Kier alpha value is -2.09. The van der Waals surface area contributed by atoms with Crippen molar-refractivity contribution in [3.05, 3.63) is 63.9 Å². The van der Waals surface area contributed by atoms with Crippen molar-refractivity contribution in [1.29, 1.82) is 5.26 Å². The van der Waals surface area contributed by atoms with Crippen LogP contribution in [-0.4, -0.2) is 0 Å². The van der Waals surface area contributed by atoms with Crippen LogP contribution in [0.15, 0.2) is 36.4 Å². The Morgan fingerprint density at radius 3 is 2.71 bits per heavy atom. The van der Waals surface area contributed by atoms with Crippen molar-refractivity contribution in [2.24, 2.45) is 5.73 Å². The predicted molar refractivity (Wildman–Crippen MR) is 79.5 cm³/mol. The van der Waals surface area contributed by atoms with Crippen LogP contribution in [0.3, 0.4) is 0 Å². The average Bonchev–Trinajstić information content (AvgIpc) is 2.46. The number of nitrogens with two attached hydrogens (primary N) is 1. The van der Waals surface area contributed by atoms with E-state index in [1.807, 2.05) is 13.0 Å². The van der Waals surface area contributed by atoms with Crippen molar-refractivity contribution < 1.29 is 9.13 Å². The van der Waals surface area contributed by atoms with E-state index in [1.54, 1.807) is 24.3 Å². The van der Waals surface area contributed by atoms with Crippen molar-refractivity contribution in [3.63, 3.8) is 0 Å². The first-order valence-corrected chi connectivity index (χ1v) is 6.75. The first-order valence-electron chi connectivity index (χ1n) is 6.37. The molecule has 0 aliphatic heterocycles. The smallest absolute Gasteiger partial charge is 0.131 e. The average molecular weight is 305 g/mol. The number of benzene rings is 2. The number of hydrogen-bond acceptors (Lipinski definition) is 3. The second-order valence-electron chi connectivity index (χ2n) is 4.68. The van der Waals surface area contributed by atoms with E-state index in [0.717, 1.165) is 5.56 Å². The van der Waals surface area contributed by atoms with E-state index in [2.05, 4.69) is 0 Å². The Morgan fingerprint density at radius 1 is 1.33 bits per heavy atom. The summed E-state index contributed by atoms with van der Waals surface area (Å²) in [6, 6.07) is 11.1. The van der Waals surface area contributed by atoms with E-state index in [1.165, 1.54) is 12.1 Å². The molecule has 0 saturated heterocycles. The zero-order chi connectivity index (χ0) is 15.4. The van der Waals surface area contributed by atoms with Gasteiger partial charge in [0.25, 0.3) is 0 Å². The molecule has 0 aromatic heterocycles. The van der Waals surface area contributed by atoms with Crippen molar-refractivity contribution in [3.8, 4) is 11.8 Å². The minimum atomic E-state index is -0.467. The molecular formula is C16H14ClFN2O. The van der Waals surface area contributed by atoms with E-state index >= 15 is 0 Å². The summed E-state index contributed by atoms with van der Waals surface area (Å²) in [4.78, 5) is 0. The van der Waals surface area contributed by atoms with E-state index in [-0.39, 0.29) is 18.2 Å². The fourth-order valence-electron chi connectivity index (χ4n) is 1.90. The van der Waals surface area contributed by atoms with Gasteiger partial charge in [0.15, 0.2) is 0 Å². The molecule has 2 aromatic rings. The van der Waals surface area contributed by atoms with Gasteiger partial charge in [-0.1, -0.05) is 17.7 Å². The molecule has 0 spiro atoms. The molecule has 0 fully saturated rings. The highest BCUT2D eigenvalue weighted by molar-refractivity contribution is 6.30. The van der Waals surface area contributed by atoms with Crippen LogP contribution >= 0.6 is 11.6 Å². The number of rotatable bonds is 4. The van der Waals surface area contributed by atoms with Gasteiger partial charge in [-0.25, -0.2) is 4.39 Å². The lowest BCUT2D eigenvalue weighted by Crippen LogP contribution is -2.08. The molecule has 21 heavy (non-hydrogen) atoms. The fraction of sp³-hybridized carbons (Fsp3) is 0.188. The summed E-state index contributed by atoms with van der Waals surface area (Å²) in [5, 5.41) is 9.28. The van der Waals surface area contributed by atoms with Gasteiger partial charge in [-0.3, -0.25) is 0 Å². The van der Waals surface area contributed by atoms with E-state index in [9.17, 15) is 4.39 Å². The molecule has 2 N–H and O–H groups in total. The standard InChI is InChI=1S/C16H14ClFN2O/c1-10(20)14-7-13(17)4-5-16(14)21-9-12-3-2-11(8-19)6-15(12)18/h2-7,10H,9,20H2,1H3. The highest BCUT2D eigenvalue weighted by atomic mass is 35.5. The van der Waals surface area contributed by atoms with Gasteiger partial charge in [-0.2, -0.15) is 5.26 Å². The van der Waals surface area contributed by atoms with E-state index in [4.69, 9.17) is 27.3 Å². The molecule has 2 rings (SSSR count). The Labute approximate surface area is 127 Å². The number of nitrogens with zero attached hydrogens (tertiary/aromatic N) is 1. The molecule has 3 nitrogen and oxygen atoms in total. The first kappa shape index (κ1) is 15.3. The second-order valence-corrected chi connectivity index (χ2v) is 5.11. The number of nitriles is 1. The quantitative estimate of drug-likeness (QED) is 0.930. The first-order chi connectivity index (χ1) is 10.0. The van der Waals surface area contributed by atoms with Gasteiger partial charge in [-0.05, 0) is 37.3 Å². The zero-order valence-electron chi connectivity index (χ0n) is 11.4. The molecule has 2 aromatic carbocycles. The Kier molecular flexibility index (Phi) is 4.79. The molecule has 1 atom stereocenters. The van der Waals surface area contributed by atoms with E-state index in [0.29, 0.717) is 16.3 Å². The largest absolute Gasteiger partial charge is 0.488 e. The van der Waals surface area contributed by atoms with Crippen LogP contribution in [-0.2, 0) is 6.61 Å². The summed E-state index contributed by atoms with van der Waals surface area (Å²) in [6.45, 7) is 1.87. The lowest BCUT2D eigenvalue weighted by molar-refractivity contribution is 0.295. The van der Waals surface area contributed by atoms with Gasteiger partial charge >= 0.3 is 0 Å². The lowest BCUT2D eigenvalue weighted by atomic mass is 10.1. The summed E-state index contributed by atoms with van der Waals surface area (Å²) < 4.78 is 19.4. The Bertz CT molecular complexity index is 695. The Morgan fingerprint density at radius 2 is 2.10 bits per heavy atom. The summed E-state index contributed by atoms with van der Waals surface area (Å²) in [5.74, 6) is 0.100. The normalized spacial score (nSPS) is 11.8. The molecule has 0 aliphatic carbocycles. The van der Waals surface area contributed by atoms with Crippen LogP contribution in [0.25, 0.3) is 0 Å². The molecule has 0 bridgehead atoms. The predicted octanol–water partition coefficient (Wildman–Crippen LogP) is 3.95. The summed E-state index contributed by atoms with van der Waals surface area (Å²) in [6.07, 6.45) is 0. The molecule has 5 heteroatoms. The molecule has 108 valence electrons. The number of hydrogen-bond donors (Lipinski definition) is 1. The van der Waals surface area contributed by atoms with Gasteiger partial charge in [0, 0.05) is 22.2 Å². The SMILES string of the molecule is CC(N)c1cc(Cl)ccc1OCc1ccc(C#N)cc1F. The molecular weight excluding hydrogens is 291 g/mol. The maximum Gasteiger partial charge on any atom is 0.131 e. The maximum atomic E-state index is 13.8. The van der Waals surface area contributed by atoms with Gasteiger partial charge in [0.1, 0.15) is 18.2 Å². The van der Waals surface area contributed by atoms with Crippen molar-refractivity contribution in [2.75, 3.05) is 0 Å². The van der Waals surface area contributed by atoms with Gasteiger partial charge in [0.05, 0.1) is 11.6 Å². The lowest BCUT2D eigenvalue weighted by Gasteiger charge is -2.14. The number of ether oxygens (including phenoxy) is 1. The van der Waals surface area contributed by atoms with Crippen LogP contribution in [0.4, 0.5) is 4.39 Å². The molecule has 0 aliphatic rings.